The second-order valence-electron chi connectivity index (χ2n) is 10.5. The third kappa shape index (κ3) is 5.45. The number of aromatic nitrogens is 2. The monoisotopic (exact) mass is 502 g/mol. The summed E-state index contributed by atoms with van der Waals surface area (Å²) in [6.45, 7) is 3.10. The summed E-state index contributed by atoms with van der Waals surface area (Å²) in [5.74, 6) is 1.17. The second kappa shape index (κ2) is 10.0. The van der Waals surface area contributed by atoms with Gasteiger partial charge in [0.15, 0.2) is 9.84 Å². The number of sulfone groups is 1. The van der Waals surface area contributed by atoms with Gasteiger partial charge in [-0.3, -0.25) is 4.90 Å². The highest BCUT2D eigenvalue weighted by atomic mass is 32.2. The van der Waals surface area contributed by atoms with Crippen LogP contribution in [0, 0.1) is 18.7 Å². The molecule has 3 fully saturated rings. The normalized spacial score (nSPS) is 25.5. The number of nitrogens with zero attached hydrogens (tertiary/aromatic N) is 3. The zero-order valence-corrected chi connectivity index (χ0v) is 21.4. The Morgan fingerprint density at radius 1 is 1.09 bits per heavy atom. The molecule has 1 aromatic heterocycles. The summed E-state index contributed by atoms with van der Waals surface area (Å²) in [5.41, 5.74) is 0.859. The predicted molar refractivity (Wildman–Crippen MR) is 133 cm³/mol. The van der Waals surface area contributed by atoms with Crippen LogP contribution in [-0.4, -0.2) is 54.3 Å². The first-order chi connectivity index (χ1) is 16.8. The average molecular weight is 503 g/mol. The summed E-state index contributed by atoms with van der Waals surface area (Å²) >= 11 is 0. The highest BCUT2D eigenvalue weighted by Gasteiger charge is 2.40. The van der Waals surface area contributed by atoms with Crippen LogP contribution in [0.15, 0.2) is 29.4 Å². The number of halogens is 1. The van der Waals surface area contributed by atoms with E-state index in [-0.39, 0.29) is 16.7 Å². The molecule has 3 aliphatic rings. The summed E-state index contributed by atoms with van der Waals surface area (Å²) in [5, 5.41) is 2.97. The zero-order chi connectivity index (χ0) is 24.6. The van der Waals surface area contributed by atoms with Crippen molar-refractivity contribution < 1.29 is 17.5 Å². The Bertz CT molecular complexity index is 1160. The van der Waals surface area contributed by atoms with Gasteiger partial charge >= 0.3 is 0 Å². The smallest absolute Gasteiger partial charge is 0.221 e. The molecule has 3 heterocycles. The number of piperidine rings is 2. The number of ether oxygens (including phenoxy) is 1. The van der Waals surface area contributed by atoms with E-state index in [0.29, 0.717) is 29.3 Å². The van der Waals surface area contributed by atoms with Gasteiger partial charge in [-0.2, -0.15) is 0 Å². The molecule has 2 bridgehead atoms. The van der Waals surface area contributed by atoms with E-state index in [9.17, 15) is 12.8 Å². The third-order valence-electron chi connectivity index (χ3n) is 7.96. The first kappa shape index (κ1) is 24.4. The van der Waals surface area contributed by atoms with Crippen molar-refractivity contribution in [3.05, 3.63) is 35.9 Å². The Morgan fingerprint density at radius 2 is 1.80 bits per heavy atom. The highest BCUT2D eigenvalue weighted by Crippen LogP contribution is 2.38. The minimum absolute atomic E-state index is 0.0613. The Kier molecular flexibility index (Phi) is 6.99. The number of rotatable bonds is 7. The fourth-order valence-electron chi connectivity index (χ4n) is 6.11. The maximum Gasteiger partial charge on any atom is 0.221 e. The van der Waals surface area contributed by atoms with Crippen molar-refractivity contribution in [2.75, 3.05) is 18.1 Å². The van der Waals surface area contributed by atoms with E-state index in [1.165, 1.54) is 70.0 Å². The molecule has 0 amide bonds. The van der Waals surface area contributed by atoms with E-state index in [1.807, 2.05) is 6.92 Å². The number of hydrogen-bond donors (Lipinski definition) is 1. The topological polar surface area (TPSA) is 84.4 Å². The standard InChI is InChI=1S/C26H35FN4O3S/c1-17-25(30-24-11-10-22(14-23(24)27)35(2,32)33)28-16-29-26(17)34-21-12-19-8-5-9-20(13-21)31(19)15-18-6-3-4-7-18/h10-11,14,16,18-21H,3-9,12-13,15H2,1-2H3,(H,28,29,30). The molecule has 35 heavy (non-hydrogen) atoms. The number of hydrogen-bond acceptors (Lipinski definition) is 7. The number of nitrogens with one attached hydrogen (secondary N) is 1. The quantitative estimate of drug-likeness (QED) is 0.569. The first-order valence-corrected chi connectivity index (χ1v) is 14.7. The Morgan fingerprint density at radius 3 is 2.46 bits per heavy atom. The lowest BCUT2D eigenvalue weighted by Gasteiger charge is -2.49. The van der Waals surface area contributed by atoms with Gasteiger partial charge in [0.25, 0.3) is 0 Å². The molecule has 9 heteroatoms. The van der Waals surface area contributed by atoms with Crippen LogP contribution in [0.1, 0.15) is 63.4 Å². The fraction of sp³-hybridized carbons (Fsp3) is 0.615. The fourth-order valence-corrected chi connectivity index (χ4v) is 6.74. The van der Waals surface area contributed by atoms with Gasteiger partial charge < -0.3 is 10.1 Å². The van der Waals surface area contributed by atoms with Gasteiger partial charge in [-0.25, -0.2) is 22.8 Å². The van der Waals surface area contributed by atoms with Gasteiger partial charge in [0, 0.05) is 24.9 Å². The summed E-state index contributed by atoms with van der Waals surface area (Å²) in [7, 11) is -3.48. The maximum atomic E-state index is 14.6. The van der Waals surface area contributed by atoms with Crippen LogP contribution in [0.2, 0.25) is 0 Å². The molecule has 2 atom stereocenters. The van der Waals surface area contributed by atoms with Gasteiger partial charge in [-0.1, -0.05) is 19.3 Å². The van der Waals surface area contributed by atoms with E-state index < -0.39 is 15.7 Å². The lowest BCUT2D eigenvalue weighted by molar-refractivity contribution is -0.0261. The van der Waals surface area contributed by atoms with Crippen molar-refractivity contribution in [3.63, 3.8) is 0 Å². The first-order valence-electron chi connectivity index (χ1n) is 12.8. The van der Waals surface area contributed by atoms with Crippen LogP contribution in [0.25, 0.3) is 0 Å². The van der Waals surface area contributed by atoms with Crippen LogP contribution >= 0.6 is 0 Å². The molecule has 0 radical (unpaired) electrons. The Hall–Kier alpha value is -2.26. The molecule has 7 nitrogen and oxygen atoms in total. The summed E-state index contributed by atoms with van der Waals surface area (Å²) in [6, 6.07) is 4.97. The number of anilines is 2. The predicted octanol–water partition coefficient (Wildman–Crippen LogP) is 5.03. The van der Waals surface area contributed by atoms with Crippen LogP contribution in [0.3, 0.4) is 0 Å². The molecule has 5 rings (SSSR count). The van der Waals surface area contributed by atoms with Gasteiger partial charge in [-0.15, -0.1) is 0 Å². The van der Waals surface area contributed by atoms with E-state index in [4.69, 9.17) is 4.74 Å². The molecule has 1 N–H and O–H groups in total. The minimum Gasteiger partial charge on any atom is -0.474 e. The third-order valence-corrected chi connectivity index (χ3v) is 9.07. The van der Waals surface area contributed by atoms with E-state index in [0.717, 1.165) is 31.1 Å². The lowest BCUT2D eigenvalue weighted by atomic mass is 9.82. The molecule has 2 aliphatic heterocycles. The largest absolute Gasteiger partial charge is 0.474 e. The van der Waals surface area contributed by atoms with Crippen LogP contribution in [-0.2, 0) is 9.84 Å². The summed E-state index contributed by atoms with van der Waals surface area (Å²) < 4.78 is 44.4. The molecule has 190 valence electrons. The van der Waals surface area contributed by atoms with E-state index in [2.05, 4.69) is 20.2 Å². The van der Waals surface area contributed by atoms with Gasteiger partial charge in [-0.05, 0) is 69.6 Å². The number of benzene rings is 1. The van der Waals surface area contributed by atoms with Gasteiger partial charge in [0.2, 0.25) is 5.88 Å². The zero-order valence-electron chi connectivity index (χ0n) is 20.5. The highest BCUT2D eigenvalue weighted by molar-refractivity contribution is 7.90. The van der Waals surface area contributed by atoms with Crippen molar-refractivity contribution >= 4 is 21.3 Å². The van der Waals surface area contributed by atoms with Crippen LogP contribution < -0.4 is 10.1 Å². The SMILES string of the molecule is Cc1c(Nc2ccc(S(C)(=O)=O)cc2F)ncnc1OC1CC2CCCC(C1)N2CC1CCCC1. The van der Waals surface area contributed by atoms with Crippen molar-refractivity contribution in [2.24, 2.45) is 5.92 Å². The van der Waals surface area contributed by atoms with Crippen molar-refractivity contribution in [1.29, 1.82) is 0 Å². The van der Waals surface area contributed by atoms with Gasteiger partial charge in [0.05, 0.1) is 16.1 Å². The molecular formula is C26H35FN4O3S. The Balaban J connectivity index is 1.27. The minimum atomic E-state index is -3.48. The second-order valence-corrected chi connectivity index (χ2v) is 12.5. The van der Waals surface area contributed by atoms with Crippen molar-refractivity contribution in [3.8, 4) is 5.88 Å². The molecule has 2 aromatic rings. The average Bonchev–Trinajstić information content (AvgIpc) is 3.31. The van der Waals surface area contributed by atoms with Crippen LogP contribution in [0.5, 0.6) is 5.88 Å². The Labute approximate surface area is 207 Å². The summed E-state index contributed by atoms with van der Waals surface area (Å²) in [4.78, 5) is 11.4. The van der Waals surface area contributed by atoms with Crippen LogP contribution in [0.4, 0.5) is 15.9 Å². The van der Waals surface area contributed by atoms with Crippen molar-refractivity contribution in [1.82, 2.24) is 14.9 Å². The molecule has 1 aromatic carbocycles. The number of fused-ring (bicyclic) bond motifs is 2. The molecular weight excluding hydrogens is 467 g/mol. The summed E-state index contributed by atoms with van der Waals surface area (Å²) in [6.07, 6.45) is 13.9. The molecule has 0 spiro atoms. The lowest BCUT2D eigenvalue weighted by Crippen LogP contribution is -2.55. The molecule has 1 saturated carbocycles. The molecule has 2 saturated heterocycles. The van der Waals surface area contributed by atoms with Gasteiger partial charge in [0.1, 0.15) is 24.1 Å². The maximum absolute atomic E-state index is 14.6. The molecule has 2 unspecified atom stereocenters. The molecule has 1 aliphatic carbocycles. The van der Waals surface area contributed by atoms with E-state index in [1.54, 1.807) is 0 Å². The van der Waals surface area contributed by atoms with E-state index >= 15 is 0 Å². The van der Waals surface area contributed by atoms with Crippen molar-refractivity contribution in [2.45, 2.75) is 87.8 Å².